The lowest BCUT2D eigenvalue weighted by atomic mass is 10.1. The van der Waals surface area contributed by atoms with E-state index >= 15 is 0 Å². The molecule has 128 valence electrons. The Balaban J connectivity index is 0.00000208. The number of hydrogen-bond acceptors (Lipinski definition) is 3. The van der Waals surface area contributed by atoms with Crippen molar-refractivity contribution in [1.29, 1.82) is 0 Å². The number of benzene rings is 2. The third-order valence-corrected chi connectivity index (χ3v) is 4.32. The van der Waals surface area contributed by atoms with Crippen molar-refractivity contribution in [3.63, 3.8) is 0 Å². The highest BCUT2D eigenvalue weighted by molar-refractivity contribution is 9.10. The molecule has 3 rings (SSSR count). The van der Waals surface area contributed by atoms with Crippen molar-refractivity contribution in [3.05, 3.63) is 58.6 Å². The number of hydrogen-bond donors (Lipinski definition) is 2. The Kier molecular flexibility index (Phi) is 7.09. The molecule has 1 amide bonds. The number of rotatable bonds is 4. The Hall–Kier alpha value is -1.56. The molecule has 6 heteroatoms. The Morgan fingerprint density at radius 2 is 1.88 bits per heavy atom. The zero-order valence-corrected chi connectivity index (χ0v) is 15.5. The van der Waals surface area contributed by atoms with Gasteiger partial charge in [0.1, 0.15) is 11.5 Å². The molecular weight excluding hydrogens is 392 g/mol. The van der Waals surface area contributed by atoms with Crippen molar-refractivity contribution in [2.24, 2.45) is 0 Å². The Bertz CT molecular complexity index is 690. The number of piperidine rings is 1. The van der Waals surface area contributed by atoms with Gasteiger partial charge in [0.15, 0.2) is 0 Å². The molecule has 1 aliphatic rings. The van der Waals surface area contributed by atoms with Crippen LogP contribution in [0.4, 0.5) is 0 Å². The summed E-state index contributed by atoms with van der Waals surface area (Å²) >= 11 is 3.42. The van der Waals surface area contributed by atoms with Gasteiger partial charge in [-0.25, -0.2) is 0 Å². The van der Waals surface area contributed by atoms with Crippen LogP contribution >= 0.6 is 28.3 Å². The highest BCUT2D eigenvalue weighted by Gasteiger charge is 2.19. The maximum Gasteiger partial charge on any atom is 0.255 e. The highest BCUT2D eigenvalue weighted by Crippen LogP contribution is 2.27. The number of nitrogens with one attached hydrogen (secondary N) is 2. The van der Waals surface area contributed by atoms with E-state index in [1.807, 2.05) is 42.5 Å². The second-order valence-corrected chi connectivity index (χ2v) is 6.47. The number of ether oxygens (including phenoxy) is 1. The first-order valence-electron chi connectivity index (χ1n) is 7.76. The summed E-state index contributed by atoms with van der Waals surface area (Å²) in [4.78, 5) is 12.6. The monoisotopic (exact) mass is 410 g/mol. The van der Waals surface area contributed by atoms with Crippen molar-refractivity contribution >= 4 is 34.2 Å². The van der Waals surface area contributed by atoms with E-state index in [-0.39, 0.29) is 24.4 Å². The first kappa shape index (κ1) is 18.8. The maximum absolute atomic E-state index is 12.6. The first-order valence-corrected chi connectivity index (χ1v) is 8.56. The van der Waals surface area contributed by atoms with E-state index in [2.05, 4.69) is 26.6 Å². The third-order valence-electron chi connectivity index (χ3n) is 3.83. The molecule has 1 aliphatic heterocycles. The lowest BCUT2D eigenvalue weighted by Crippen LogP contribution is -2.42. The molecule has 0 atom stereocenters. The molecule has 1 saturated heterocycles. The normalized spacial score (nSPS) is 14.5. The zero-order valence-electron chi connectivity index (χ0n) is 13.1. The zero-order chi connectivity index (χ0) is 16.1. The van der Waals surface area contributed by atoms with E-state index in [1.54, 1.807) is 6.07 Å². The topological polar surface area (TPSA) is 50.4 Å². The number of para-hydroxylation sites is 1. The summed E-state index contributed by atoms with van der Waals surface area (Å²) in [6, 6.07) is 15.1. The average molecular weight is 412 g/mol. The van der Waals surface area contributed by atoms with Gasteiger partial charge in [0, 0.05) is 10.5 Å². The van der Waals surface area contributed by atoms with Gasteiger partial charge < -0.3 is 15.4 Å². The molecular formula is C18H20BrClN2O2. The molecule has 0 aromatic heterocycles. The second kappa shape index (κ2) is 9.06. The van der Waals surface area contributed by atoms with Gasteiger partial charge in [0.25, 0.3) is 5.91 Å². The Morgan fingerprint density at radius 3 is 2.62 bits per heavy atom. The minimum absolute atomic E-state index is 0. The van der Waals surface area contributed by atoms with Crippen LogP contribution in [0.15, 0.2) is 53.0 Å². The van der Waals surface area contributed by atoms with Crippen molar-refractivity contribution in [2.45, 2.75) is 18.9 Å². The van der Waals surface area contributed by atoms with Gasteiger partial charge in [-0.2, -0.15) is 0 Å². The van der Waals surface area contributed by atoms with E-state index in [1.165, 1.54) is 0 Å². The molecule has 2 N–H and O–H groups in total. The van der Waals surface area contributed by atoms with Gasteiger partial charge in [0.2, 0.25) is 0 Å². The summed E-state index contributed by atoms with van der Waals surface area (Å²) in [5.74, 6) is 1.18. The van der Waals surface area contributed by atoms with Crippen LogP contribution in [0.3, 0.4) is 0 Å². The van der Waals surface area contributed by atoms with Crippen molar-refractivity contribution in [3.8, 4) is 11.5 Å². The standard InChI is InChI=1S/C18H19BrN2O2.ClH/c19-13-4-3-5-15(12-13)23-17-7-2-1-6-16(17)18(22)21-14-8-10-20-11-9-14;/h1-7,12,14,20H,8-11H2,(H,21,22);1H. The molecule has 1 fully saturated rings. The molecule has 0 saturated carbocycles. The molecule has 4 nitrogen and oxygen atoms in total. The van der Waals surface area contributed by atoms with Gasteiger partial charge in [0.05, 0.1) is 5.56 Å². The molecule has 24 heavy (non-hydrogen) atoms. The summed E-state index contributed by atoms with van der Waals surface area (Å²) in [6.07, 6.45) is 1.92. The molecule has 2 aromatic carbocycles. The maximum atomic E-state index is 12.6. The fraction of sp³-hybridized carbons (Fsp3) is 0.278. The lowest BCUT2D eigenvalue weighted by Gasteiger charge is -2.24. The summed E-state index contributed by atoms with van der Waals surface area (Å²) < 4.78 is 6.83. The van der Waals surface area contributed by atoms with Crippen molar-refractivity contribution in [1.82, 2.24) is 10.6 Å². The summed E-state index contributed by atoms with van der Waals surface area (Å²) in [5.41, 5.74) is 0.561. The van der Waals surface area contributed by atoms with Crippen LogP contribution in [0.5, 0.6) is 11.5 Å². The van der Waals surface area contributed by atoms with Gasteiger partial charge in [-0.15, -0.1) is 12.4 Å². The minimum atomic E-state index is -0.0810. The van der Waals surface area contributed by atoms with Crippen LogP contribution < -0.4 is 15.4 Å². The van der Waals surface area contributed by atoms with Gasteiger partial charge in [-0.05, 0) is 56.3 Å². The SMILES string of the molecule is Cl.O=C(NC1CCNCC1)c1ccccc1Oc1cccc(Br)c1. The van der Waals surface area contributed by atoms with Crippen LogP contribution in [0.25, 0.3) is 0 Å². The summed E-state index contributed by atoms with van der Waals surface area (Å²) in [5, 5.41) is 6.40. The molecule has 1 heterocycles. The number of carbonyl (C=O) groups is 1. The van der Waals surface area contributed by atoms with E-state index in [9.17, 15) is 4.79 Å². The van der Waals surface area contributed by atoms with Gasteiger partial charge in [-0.3, -0.25) is 4.79 Å². The number of amides is 1. The average Bonchev–Trinajstić information content (AvgIpc) is 2.56. The minimum Gasteiger partial charge on any atom is -0.456 e. The van der Waals surface area contributed by atoms with Crippen molar-refractivity contribution < 1.29 is 9.53 Å². The van der Waals surface area contributed by atoms with Gasteiger partial charge >= 0.3 is 0 Å². The number of halogens is 2. The summed E-state index contributed by atoms with van der Waals surface area (Å²) in [7, 11) is 0. The van der Waals surface area contributed by atoms with E-state index < -0.39 is 0 Å². The highest BCUT2D eigenvalue weighted by atomic mass is 79.9. The van der Waals surface area contributed by atoms with Crippen LogP contribution in [0, 0.1) is 0 Å². The van der Waals surface area contributed by atoms with Gasteiger partial charge in [-0.1, -0.05) is 34.1 Å². The Morgan fingerprint density at radius 1 is 1.12 bits per heavy atom. The van der Waals surface area contributed by atoms with Crippen LogP contribution in [-0.4, -0.2) is 25.0 Å². The molecule has 0 bridgehead atoms. The lowest BCUT2D eigenvalue weighted by molar-refractivity contribution is 0.0927. The van der Waals surface area contributed by atoms with Crippen LogP contribution in [0.1, 0.15) is 23.2 Å². The quantitative estimate of drug-likeness (QED) is 0.795. The number of carbonyl (C=O) groups excluding carboxylic acids is 1. The fourth-order valence-electron chi connectivity index (χ4n) is 2.63. The smallest absolute Gasteiger partial charge is 0.255 e. The van der Waals surface area contributed by atoms with E-state index in [4.69, 9.17) is 4.74 Å². The van der Waals surface area contributed by atoms with Crippen LogP contribution in [0.2, 0.25) is 0 Å². The van der Waals surface area contributed by atoms with Crippen LogP contribution in [-0.2, 0) is 0 Å². The molecule has 0 unspecified atom stereocenters. The molecule has 0 radical (unpaired) electrons. The largest absolute Gasteiger partial charge is 0.456 e. The summed E-state index contributed by atoms with van der Waals surface area (Å²) in [6.45, 7) is 1.89. The third kappa shape index (κ3) is 4.97. The first-order chi connectivity index (χ1) is 11.2. The predicted octanol–water partition coefficient (Wildman–Crippen LogP) is 4.15. The Labute approximate surface area is 156 Å². The van der Waals surface area contributed by atoms with Crippen molar-refractivity contribution in [2.75, 3.05) is 13.1 Å². The van der Waals surface area contributed by atoms with E-state index in [0.717, 1.165) is 30.4 Å². The van der Waals surface area contributed by atoms with E-state index in [0.29, 0.717) is 17.1 Å². The molecule has 0 spiro atoms. The molecule has 0 aliphatic carbocycles. The predicted molar refractivity (Wildman–Crippen MR) is 101 cm³/mol. The second-order valence-electron chi connectivity index (χ2n) is 5.55. The fourth-order valence-corrected chi connectivity index (χ4v) is 3.01. The molecule has 2 aromatic rings.